The molecule has 478 valence electrons. The van der Waals surface area contributed by atoms with E-state index in [0.717, 1.165) is 38.5 Å². The normalized spacial score (nSPS) is 12.4. The number of amides is 1. The van der Waals surface area contributed by atoms with Crippen LogP contribution in [0, 0.1) is 0 Å². The molecule has 80 heavy (non-hydrogen) atoms. The molecule has 6 nitrogen and oxygen atoms in total. The van der Waals surface area contributed by atoms with E-state index in [9.17, 15) is 19.8 Å². The van der Waals surface area contributed by atoms with Gasteiger partial charge >= 0.3 is 5.97 Å². The van der Waals surface area contributed by atoms with Crippen LogP contribution >= 0.6 is 0 Å². The quantitative estimate of drug-likeness (QED) is 0.0417. The van der Waals surface area contributed by atoms with Crippen LogP contribution in [0.25, 0.3) is 0 Å². The van der Waals surface area contributed by atoms with Crippen LogP contribution in [0.2, 0.25) is 0 Å². The van der Waals surface area contributed by atoms with Crippen molar-refractivity contribution in [3.05, 3.63) is 0 Å². The second-order valence-corrected chi connectivity index (χ2v) is 26.0. The van der Waals surface area contributed by atoms with Crippen LogP contribution in [0.3, 0.4) is 0 Å². The van der Waals surface area contributed by atoms with Crippen LogP contribution in [0.5, 0.6) is 0 Å². The zero-order chi connectivity index (χ0) is 57.8. The summed E-state index contributed by atoms with van der Waals surface area (Å²) in [6, 6.07) is -0.541. The molecule has 0 aliphatic carbocycles. The van der Waals surface area contributed by atoms with Crippen molar-refractivity contribution in [2.75, 3.05) is 13.2 Å². The van der Waals surface area contributed by atoms with E-state index in [1.54, 1.807) is 0 Å². The number of aliphatic hydroxyl groups is 2. The van der Waals surface area contributed by atoms with Crippen molar-refractivity contribution in [2.45, 2.75) is 450 Å². The number of nitrogens with one attached hydrogen (secondary N) is 1. The minimum absolute atomic E-state index is 0.0191. The summed E-state index contributed by atoms with van der Waals surface area (Å²) in [7, 11) is 0. The Morgan fingerprint density at radius 2 is 0.512 bits per heavy atom. The molecule has 0 aromatic rings. The second kappa shape index (κ2) is 70.3. The Balaban J connectivity index is 3.36. The number of carbonyl (C=O) groups excluding carboxylic acids is 2. The minimum atomic E-state index is -0.665. The molecule has 0 aliphatic rings. The van der Waals surface area contributed by atoms with Crippen molar-refractivity contribution in [1.82, 2.24) is 5.32 Å². The van der Waals surface area contributed by atoms with Crippen LogP contribution < -0.4 is 5.32 Å². The summed E-state index contributed by atoms with van der Waals surface area (Å²) in [5, 5.41) is 23.5. The van der Waals surface area contributed by atoms with Crippen molar-refractivity contribution < 1.29 is 24.5 Å². The summed E-state index contributed by atoms with van der Waals surface area (Å²) >= 11 is 0. The Labute approximate surface area is 502 Å². The van der Waals surface area contributed by atoms with Gasteiger partial charge in [-0.15, -0.1) is 0 Å². The smallest absolute Gasteiger partial charge is 0.305 e. The SMILES string of the molecule is CCCCCCCCCCCCCCCCCCCCCCCCCCCC(O)C(CO)NC(=O)CCCCCCCCCCCCCCCCCCCCCCCCCOC(=O)CCCCCCCCCCCCCCCCC. The molecule has 0 spiro atoms. The molecule has 0 heterocycles. The Hall–Kier alpha value is -1.14. The predicted octanol–water partition coefficient (Wildman–Crippen LogP) is 24.2. The van der Waals surface area contributed by atoms with Crippen molar-refractivity contribution in [2.24, 2.45) is 0 Å². The lowest BCUT2D eigenvalue weighted by atomic mass is 10.0. The zero-order valence-corrected chi connectivity index (χ0v) is 54.9. The summed E-state index contributed by atoms with van der Waals surface area (Å²) in [5.41, 5.74) is 0. The van der Waals surface area contributed by atoms with Crippen LogP contribution in [0.4, 0.5) is 0 Å². The largest absolute Gasteiger partial charge is 0.466 e. The van der Waals surface area contributed by atoms with Gasteiger partial charge in [-0.2, -0.15) is 0 Å². The summed E-state index contributed by atoms with van der Waals surface area (Å²) in [6.07, 6.45) is 85.9. The van der Waals surface area contributed by atoms with Gasteiger partial charge in [0.25, 0.3) is 0 Å². The molecule has 2 unspecified atom stereocenters. The molecule has 0 aromatic heterocycles. The van der Waals surface area contributed by atoms with E-state index in [1.807, 2.05) is 0 Å². The average Bonchev–Trinajstić information content (AvgIpc) is 3.46. The Bertz CT molecular complexity index is 1160. The monoisotopic (exact) mass is 1130 g/mol. The Morgan fingerprint density at radius 3 is 0.762 bits per heavy atom. The molecule has 0 aromatic carbocycles. The van der Waals surface area contributed by atoms with Crippen LogP contribution in [-0.2, 0) is 14.3 Å². The first-order chi connectivity index (χ1) is 39.5. The van der Waals surface area contributed by atoms with E-state index in [2.05, 4.69) is 19.2 Å². The first kappa shape index (κ1) is 78.9. The van der Waals surface area contributed by atoms with E-state index in [0.29, 0.717) is 25.9 Å². The lowest BCUT2D eigenvalue weighted by Crippen LogP contribution is -2.45. The van der Waals surface area contributed by atoms with Gasteiger partial charge in [0, 0.05) is 12.8 Å². The number of aliphatic hydroxyl groups excluding tert-OH is 2. The molecule has 0 radical (unpaired) electrons. The molecule has 6 heteroatoms. The number of hydrogen-bond acceptors (Lipinski definition) is 5. The van der Waals surface area contributed by atoms with Gasteiger partial charge in [0.15, 0.2) is 0 Å². The highest BCUT2D eigenvalue weighted by atomic mass is 16.5. The fraction of sp³-hybridized carbons (Fsp3) is 0.973. The van der Waals surface area contributed by atoms with E-state index in [1.165, 1.54) is 366 Å². The first-order valence-electron chi connectivity index (χ1n) is 37.3. The maximum absolute atomic E-state index is 12.6. The number of esters is 1. The van der Waals surface area contributed by atoms with Gasteiger partial charge in [-0.3, -0.25) is 9.59 Å². The molecule has 0 rings (SSSR count). The molecule has 1 amide bonds. The van der Waals surface area contributed by atoms with Crippen LogP contribution in [0.15, 0.2) is 0 Å². The van der Waals surface area contributed by atoms with Gasteiger partial charge in [0.1, 0.15) is 0 Å². The third-order valence-electron chi connectivity index (χ3n) is 17.9. The van der Waals surface area contributed by atoms with Crippen molar-refractivity contribution in [3.8, 4) is 0 Å². The third-order valence-corrected chi connectivity index (χ3v) is 17.9. The lowest BCUT2D eigenvalue weighted by Gasteiger charge is -2.22. The molecule has 0 fully saturated rings. The van der Waals surface area contributed by atoms with Crippen LogP contribution in [0.1, 0.15) is 438 Å². The second-order valence-electron chi connectivity index (χ2n) is 26.0. The fourth-order valence-electron chi connectivity index (χ4n) is 12.2. The maximum atomic E-state index is 12.6. The summed E-state index contributed by atoms with van der Waals surface area (Å²) in [4.78, 5) is 24.7. The molecular weight excluding hydrogens is 983 g/mol. The van der Waals surface area contributed by atoms with E-state index >= 15 is 0 Å². The minimum Gasteiger partial charge on any atom is -0.466 e. The molecule has 2 atom stereocenters. The lowest BCUT2D eigenvalue weighted by molar-refractivity contribution is -0.143. The highest BCUT2D eigenvalue weighted by Gasteiger charge is 2.20. The Kier molecular flexibility index (Phi) is 69.3. The van der Waals surface area contributed by atoms with Gasteiger partial charge in [0.05, 0.1) is 25.4 Å². The van der Waals surface area contributed by atoms with Gasteiger partial charge in [-0.05, 0) is 25.7 Å². The summed E-state index contributed by atoms with van der Waals surface area (Å²) < 4.78 is 5.50. The standard InChI is InChI=1S/C74H147NO5/c1-3-5-7-9-11-13-15-17-19-20-21-22-23-24-26-29-32-35-39-42-46-50-54-58-62-66-72(77)71(70-76)75-73(78)67-63-59-55-51-47-43-40-36-33-30-27-25-28-31-34-37-41-45-49-53-57-61-65-69-80-74(79)68-64-60-56-52-48-44-38-18-16-14-12-10-8-6-4-2/h71-72,76-77H,3-70H2,1-2H3,(H,75,78). The number of hydrogen-bond donors (Lipinski definition) is 3. The van der Waals surface area contributed by atoms with Crippen molar-refractivity contribution in [1.29, 1.82) is 0 Å². The van der Waals surface area contributed by atoms with Gasteiger partial charge in [0.2, 0.25) is 5.91 Å². The third kappa shape index (κ3) is 66.0. The van der Waals surface area contributed by atoms with Crippen molar-refractivity contribution in [3.63, 3.8) is 0 Å². The van der Waals surface area contributed by atoms with Gasteiger partial charge in [-0.1, -0.05) is 399 Å². The average molecular weight is 1130 g/mol. The summed E-state index contributed by atoms with van der Waals surface area (Å²) in [5.74, 6) is -0.00893. The molecular formula is C74H147NO5. The number of unbranched alkanes of at least 4 members (excludes halogenated alkanes) is 60. The molecule has 0 bridgehead atoms. The zero-order valence-electron chi connectivity index (χ0n) is 54.9. The number of rotatable bonds is 71. The maximum Gasteiger partial charge on any atom is 0.305 e. The highest BCUT2D eigenvalue weighted by Crippen LogP contribution is 2.20. The number of ether oxygens (including phenoxy) is 1. The van der Waals surface area contributed by atoms with E-state index in [4.69, 9.17) is 4.74 Å². The van der Waals surface area contributed by atoms with E-state index in [-0.39, 0.29) is 18.5 Å². The first-order valence-corrected chi connectivity index (χ1v) is 37.3. The molecule has 0 saturated heterocycles. The number of carbonyl (C=O) groups is 2. The van der Waals surface area contributed by atoms with Gasteiger partial charge < -0.3 is 20.3 Å². The van der Waals surface area contributed by atoms with E-state index < -0.39 is 12.1 Å². The van der Waals surface area contributed by atoms with Crippen molar-refractivity contribution >= 4 is 11.9 Å². The fourth-order valence-corrected chi connectivity index (χ4v) is 12.2. The van der Waals surface area contributed by atoms with Gasteiger partial charge in [-0.25, -0.2) is 0 Å². The Morgan fingerprint density at radius 1 is 0.300 bits per heavy atom. The summed E-state index contributed by atoms with van der Waals surface area (Å²) in [6.45, 7) is 5.01. The highest BCUT2D eigenvalue weighted by molar-refractivity contribution is 5.76. The molecule has 3 N–H and O–H groups in total. The topological polar surface area (TPSA) is 95.9 Å². The molecule has 0 saturated carbocycles. The van der Waals surface area contributed by atoms with Crippen LogP contribution in [-0.4, -0.2) is 47.4 Å². The molecule has 0 aliphatic heterocycles. The predicted molar refractivity (Wildman–Crippen MR) is 352 cm³/mol.